The van der Waals surface area contributed by atoms with Crippen LogP contribution < -0.4 is 5.32 Å². The standard InChI is InChI=1S/C16H24N8O/c1-10-6-13(19-16(17-3)18-10)15(25)24-9-14-21-20-11(2)23(14)8-12(24)7-22(4)5/h6,12H,7-9H2,1-5H3,(H,17,18,19). The highest BCUT2D eigenvalue weighted by Crippen LogP contribution is 2.21. The van der Waals surface area contributed by atoms with Crippen LogP contribution in [-0.4, -0.2) is 74.2 Å². The van der Waals surface area contributed by atoms with Crippen molar-refractivity contribution in [3.63, 3.8) is 0 Å². The van der Waals surface area contributed by atoms with Crippen molar-refractivity contribution in [2.75, 3.05) is 33.0 Å². The Labute approximate surface area is 147 Å². The van der Waals surface area contributed by atoms with Crippen LogP contribution in [0.4, 0.5) is 5.95 Å². The van der Waals surface area contributed by atoms with Gasteiger partial charge in [-0.15, -0.1) is 10.2 Å². The molecule has 1 amide bonds. The normalized spacial score (nSPS) is 16.9. The van der Waals surface area contributed by atoms with Gasteiger partial charge < -0.3 is 19.7 Å². The summed E-state index contributed by atoms with van der Waals surface area (Å²) < 4.78 is 2.09. The number of rotatable bonds is 4. The molecule has 0 bridgehead atoms. The molecule has 25 heavy (non-hydrogen) atoms. The molecule has 1 aliphatic heterocycles. The van der Waals surface area contributed by atoms with E-state index in [0.29, 0.717) is 24.7 Å². The average molecular weight is 344 g/mol. The summed E-state index contributed by atoms with van der Waals surface area (Å²) in [5, 5.41) is 11.3. The third-order valence-electron chi connectivity index (χ3n) is 4.29. The molecule has 1 atom stereocenters. The van der Waals surface area contributed by atoms with Crippen LogP contribution in [0.15, 0.2) is 6.07 Å². The Balaban J connectivity index is 1.95. The van der Waals surface area contributed by atoms with E-state index in [1.807, 2.05) is 32.8 Å². The minimum atomic E-state index is -0.110. The van der Waals surface area contributed by atoms with Gasteiger partial charge in [0.1, 0.15) is 11.5 Å². The monoisotopic (exact) mass is 344 g/mol. The number of aromatic nitrogens is 5. The lowest BCUT2D eigenvalue weighted by atomic mass is 10.1. The van der Waals surface area contributed by atoms with Gasteiger partial charge in [0.05, 0.1) is 12.6 Å². The molecule has 0 saturated heterocycles. The number of carbonyl (C=O) groups is 1. The number of fused-ring (bicyclic) bond motifs is 1. The SMILES string of the molecule is CNc1nc(C)cc(C(=O)N2Cc3nnc(C)n3CC2CN(C)C)n1. The van der Waals surface area contributed by atoms with Crippen LogP contribution in [0, 0.1) is 13.8 Å². The van der Waals surface area contributed by atoms with Gasteiger partial charge in [-0.2, -0.15) is 0 Å². The van der Waals surface area contributed by atoms with Crippen molar-refractivity contribution >= 4 is 11.9 Å². The van der Waals surface area contributed by atoms with Crippen molar-refractivity contribution in [2.45, 2.75) is 33.0 Å². The fourth-order valence-corrected chi connectivity index (χ4v) is 3.12. The van der Waals surface area contributed by atoms with Gasteiger partial charge in [-0.05, 0) is 34.0 Å². The highest BCUT2D eigenvalue weighted by molar-refractivity contribution is 5.93. The number of hydrogen-bond acceptors (Lipinski definition) is 7. The number of hydrogen-bond donors (Lipinski definition) is 1. The van der Waals surface area contributed by atoms with Crippen molar-refractivity contribution in [1.29, 1.82) is 0 Å². The number of aryl methyl sites for hydroxylation is 2. The van der Waals surface area contributed by atoms with Crippen LogP contribution in [-0.2, 0) is 13.1 Å². The number of amides is 1. The summed E-state index contributed by atoms with van der Waals surface area (Å²) in [6.07, 6.45) is 0. The van der Waals surface area contributed by atoms with Gasteiger partial charge in [0.2, 0.25) is 5.95 Å². The molecule has 3 heterocycles. The molecule has 2 aromatic rings. The first kappa shape index (κ1) is 17.3. The second kappa shape index (κ2) is 6.75. The molecule has 0 aliphatic carbocycles. The van der Waals surface area contributed by atoms with E-state index in [4.69, 9.17) is 0 Å². The van der Waals surface area contributed by atoms with E-state index in [0.717, 1.165) is 23.9 Å². The van der Waals surface area contributed by atoms with Crippen LogP contribution in [0.1, 0.15) is 27.8 Å². The smallest absolute Gasteiger partial charge is 0.273 e. The molecule has 0 spiro atoms. The molecule has 0 saturated carbocycles. The lowest BCUT2D eigenvalue weighted by Crippen LogP contribution is -2.51. The molecule has 2 aromatic heterocycles. The highest BCUT2D eigenvalue weighted by Gasteiger charge is 2.33. The van der Waals surface area contributed by atoms with E-state index >= 15 is 0 Å². The minimum absolute atomic E-state index is 0.0259. The molecule has 1 N–H and O–H groups in total. The maximum atomic E-state index is 13.2. The summed E-state index contributed by atoms with van der Waals surface area (Å²) in [5.74, 6) is 2.02. The molecule has 134 valence electrons. The Morgan fingerprint density at radius 3 is 2.76 bits per heavy atom. The number of nitrogens with zero attached hydrogens (tertiary/aromatic N) is 7. The summed E-state index contributed by atoms with van der Waals surface area (Å²) >= 11 is 0. The van der Waals surface area contributed by atoms with Gasteiger partial charge in [-0.3, -0.25) is 4.79 Å². The average Bonchev–Trinajstić information content (AvgIpc) is 2.93. The van der Waals surface area contributed by atoms with Gasteiger partial charge in [-0.25, -0.2) is 9.97 Å². The Morgan fingerprint density at radius 1 is 1.32 bits per heavy atom. The maximum absolute atomic E-state index is 13.2. The van der Waals surface area contributed by atoms with E-state index in [1.165, 1.54) is 0 Å². The first-order valence-electron chi connectivity index (χ1n) is 8.27. The lowest BCUT2D eigenvalue weighted by Gasteiger charge is -2.37. The first-order valence-corrected chi connectivity index (χ1v) is 8.27. The Morgan fingerprint density at radius 2 is 2.08 bits per heavy atom. The maximum Gasteiger partial charge on any atom is 0.273 e. The Kier molecular flexibility index (Phi) is 4.67. The summed E-state index contributed by atoms with van der Waals surface area (Å²) in [6, 6.07) is 1.75. The summed E-state index contributed by atoms with van der Waals surface area (Å²) in [5.41, 5.74) is 1.15. The fraction of sp³-hybridized carbons (Fsp3) is 0.562. The van der Waals surface area contributed by atoms with Crippen LogP contribution in [0.2, 0.25) is 0 Å². The molecule has 9 nitrogen and oxygen atoms in total. The predicted octanol–water partition coefficient (Wildman–Crippen LogP) is 0.313. The van der Waals surface area contributed by atoms with E-state index in [-0.39, 0.29) is 11.9 Å². The van der Waals surface area contributed by atoms with Crippen LogP contribution in [0.3, 0.4) is 0 Å². The minimum Gasteiger partial charge on any atom is -0.357 e. The van der Waals surface area contributed by atoms with Crippen molar-refractivity contribution in [2.24, 2.45) is 0 Å². The van der Waals surface area contributed by atoms with E-state index in [9.17, 15) is 4.79 Å². The summed E-state index contributed by atoms with van der Waals surface area (Å²) in [7, 11) is 5.75. The number of anilines is 1. The second-order valence-corrected chi connectivity index (χ2v) is 6.59. The zero-order chi connectivity index (χ0) is 18.1. The zero-order valence-corrected chi connectivity index (χ0v) is 15.3. The van der Waals surface area contributed by atoms with Gasteiger partial charge in [0.15, 0.2) is 5.82 Å². The molecule has 9 heteroatoms. The highest BCUT2D eigenvalue weighted by atomic mass is 16.2. The number of likely N-dealkylation sites (N-methyl/N-ethyl adjacent to an activating group) is 1. The third kappa shape index (κ3) is 3.46. The van der Waals surface area contributed by atoms with Crippen molar-refractivity contribution in [3.8, 4) is 0 Å². The molecule has 3 rings (SSSR count). The van der Waals surface area contributed by atoms with Gasteiger partial charge in [0, 0.05) is 25.8 Å². The molecular weight excluding hydrogens is 320 g/mol. The van der Waals surface area contributed by atoms with Gasteiger partial charge in [0.25, 0.3) is 5.91 Å². The van der Waals surface area contributed by atoms with Crippen LogP contribution >= 0.6 is 0 Å². The second-order valence-electron chi connectivity index (χ2n) is 6.59. The topological polar surface area (TPSA) is 92.1 Å². The first-order chi connectivity index (χ1) is 11.9. The quantitative estimate of drug-likeness (QED) is 0.853. The summed E-state index contributed by atoms with van der Waals surface area (Å²) in [6.45, 7) is 5.66. The van der Waals surface area contributed by atoms with Crippen molar-refractivity contribution < 1.29 is 4.79 Å². The van der Waals surface area contributed by atoms with Crippen molar-refractivity contribution in [3.05, 3.63) is 29.1 Å². The Hall–Kier alpha value is -2.55. The van der Waals surface area contributed by atoms with Crippen LogP contribution in [0.25, 0.3) is 0 Å². The Bertz CT molecular complexity index is 784. The lowest BCUT2D eigenvalue weighted by molar-refractivity contribution is 0.0537. The molecule has 0 aromatic carbocycles. The van der Waals surface area contributed by atoms with Crippen LogP contribution in [0.5, 0.6) is 0 Å². The summed E-state index contributed by atoms with van der Waals surface area (Å²) in [4.78, 5) is 25.7. The van der Waals surface area contributed by atoms with Crippen molar-refractivity contribution in [1.82, 2.24) is 34.5 Å². The van der Waals surface area contributed by atoms with E-state index < -0.39 is 0 Å². The molecular formula is C16H24N8O. The predicted molar refractivity (Wildman–Crippen MR) is 93.3 cm³/mol. The van der Waals surface area contributed by atoms with E-state index in [2.05, 4.69) is 34.9 Å². The molecule has 1 unspecified atom stereocenters. The zero-order valence-electron chi connectivity index (χ0n) is 15.3. The largest absolute Gasteiger partial charge is 0.357 e. The number of carbonyl (C=O) groups excluding carboxylic acids is 1. The molecule has 0 fully saturated rings. The fourth-order valence-electron chi connectivity index (χ4n) is 3.12. The van der Waals surface area contributed by atoms with E-state index in [1.54, 1.807) is 13.1 Å². The molecule has 0 radical (unpaired) electrons. The van der Waals surface area contributed by atoms with Gasteiger partial charge >= 0.3 is 0 Å². The van der Waals surface area contributed by atoms with Gasteiger partial charge in [-0.1, -0.05) is 0 Å². The molecule has 1 aliphatic rings. The third-order valence-corrected chi connectivity index (χ3v) is 4.29. The number of nitrogens with one attached hydrogen (secondary N) is 1.